The zero-order chi connectivity index (χ0) is 23.7. The number of fused-ring (bicyclic) bond motifs is 4. The van der Waals surface area contributed by atoms with E-state index in [4.69, 9.17) is 5.26 Å². The third kappa shape index (κ3) is 3.01. The largest absolute Gasteiger partial charge is 0.390 e. The number of hydrogen-bond acceptors (Lipinski definition) is 4. The van der Waals surface area contributed by atoms with Crippen molar-refractivity contribution in [3.05, 3.63) is 64.6 Å². The second-order valence-electron chi connectivity index (χ2n) is 11.4. The van der Waals surface area contributed by atoms with E-state index >= 15 is 0 Å². The normalized spacial score (nSPS) is 36.2. The lowest BCUT2D eigenvalue weighted by atomic mass is 9.50. The molecule has 5 nitrogen and oxygen atoms in total. The molecule has 5 aliphatic rings. The van der Waals surface area contributed by atoms with Crippen molar-refractivity contribution in [3.63, 3.8) is 0 Å². The monoisotopic (exact) mass is 455 g/mol. The van der Waals surface area contributed by atoms with Crippen LogP contribution in [0.2, 0.25) is 0 Å². The number of aromatic nitrogens is 2. The second-order valence-corrected chi connectivity index (χ2v) is 11.4. The van der Waals surface area contributed by atoms with Crippen LogP contribution in [0.4, 0.5) is 0 Å². The quantitative estimate of drug-likeness (QED) is 0.662. The molecule has 0 saturated heterocycles. The number of ketones is 1. The minimum atomic E-state index is -0.543. The highest BCUT2D eigenvalue weighted by Gasteiger charge is 2.59. The first-order chi connectivity index (χ1) is 16.3. The summed E-state index contributed by atoms with van der Waals surface area (Å²) in [5, 5.41) is 24.1. The Bertz CT molecular complexity index is 1230. The molecule has 1 N–H and O–H groups in total. The minimum absolute atomic E-state index is 0.0636. The molecule has 0 aliphatic heterocycles. The Morgan fingerprint density at radius 3 is 2.79 bits per heavy atom. The lowest BCUT2D eigenvalue weighted by molar-refractivity contribution is -0.117. The van der Waals surface area contributed by atoms with Crippen molar-refractivity contribution in [2.24, 2.45) is 22.7 Å². The van der Waals surface area contributed by atoms with Gasteiger partial charge in [-0.15, -0.1) is 0 Å². The molecular weight excluding hydrogens is 422 g/mol. The van der Waals surface area contributed by atoms with Crippen molar-refractivity contribution in [2.75, 3.05) is 0 Å². The van der Waals surface area contributed by atoms with Crippen LogP contribution in [0.1, 0.15) is 70.9 Å². The maximum absolute atomic E-state index is 13.4. The summed E-state index contributed by atoms with van der Waals surface area (Å²) in [4.78, 5) is 13.4. The first-order valence-corrected chi connectivity index (χ1v) is 12.9. The molecule has 1 heterocycles. The molecule has 4 atom stereocenters. The molecule has 6 rings (SSSR count). The SMILES string of the molecule is CC[C@]12C=CC3=C(CC[C@@H]4C[C@](C)(O)CC[C@]34C3CC3)C1=CC=C2C(=O)Cn1ccc(C#N)n1. The van der Waals surface area contributed by atoms with Crippen molar-refractivity contribution in [1.82, 2.24) is 9.78 Å². The first-order valence-electron chi connectivity index (χ1n) is 12.9. The van der Waals surface area contributed by atoms with Gasteiger partial charge in [0.15, 0.2) is 11.5 Å². The number of hydrogen-bond donors (Lipinski definition) is 1. The van der Waals surface area contributed by atoms with E-state index < -0.39 is 5.60 Å². The fourth-order valence-electron chi connectivity index (χ4n) is 7.80. The number of nitrogens with zero attached hydrogens (tertiary/aromatic N) is 3. The van der Waals surface area contributed by atoms with Gasteiger partial charge in [0.1, 0.15) is 12.6 Å². The fraction of sp³-hybridized carbons (Fsp3) is 0.552. The molecule has 0 spiro atoms. The second kappa shape index (κ2) is 7.39. The smallest absolute Gasteiger partial charge is 0.181 e. The molecule has 176 valence electrons. The number of carbonyl (C=O) groups excluding carboxylic acids is 1. The molecule has 0 unspecified atom stereocenters. The molecule has 0 amide bonds. The third-order valence-corrected chi connectivity index (χ3v) is 9.52. The summed E-state index contributed by atoms with van der Waals surface area (Å²) in [6.45, 7) is 4.35. The summed E-state index contributed by atoms with van der Waals surface area (Å²) >= 11 is 0. The number of rotatable bonds is 5. The van der Waals surface area contributed by atoms with Gasteiger partial charge < -0.3 is 5.11 Å². The number of carbonyl (C=O) groups is 1. The Balaban J connectivity index is 1.34. The van der Waals surface area contributed by atoms with Gasteiger partial charge in [0, 0.05) is 22.6 Å². The Hall–Kier alpha value is -2.71. The average molecular weight is 456 g/mol. The highest BCUT2D eigenvalue weighted by atomic mass is 16.3. The van der Waals surface area contributed by atoms with Crippen LogP contribution in [0, 0.1) is 34.0 Å². The number of aliphatic hydroxyl groups is 1. The van der Waals surface area contributed by atoms with Crippen LogP contribution in [-0.2, 0) is 11.3 Å². The summed E-state index contributed by atoms with van der Waals surface area (Å²) in [7, 11) is 0. The van der Waals surface area contributed by atoms with E-state index in [1.54, 1.807) is 16.9 Å². The van der Waals surface area contributed by atoms with Crippen LogP contribution in [0.15, 0.2) is 58.9 Å². The van der Waals surface area contributed by atoms with Crippen LogP contribution in [0.5, 0.6) is 0 Å². The summed E-state index contributed by atoms with van der Waals surface area (Å²) in [6, 6.07) is 3.67. The number of allylic oxidation sites excluding steroid dienone is 8. The van der Waals surface area contributed by atoms with E-state index in [1.165, 1.54) is 29.6 Å². The molecule has 2 saturated carbocycles. The number of Topliss-reactive ketones (excluding diaryl/α,β-unsaturated/α-hetero) is 1. The minimum Gasteiger partial charge on any atom is -0.390 e. The standard InChI is InChI=1S/C29H33N3O2/c1-3-28-12-10-24-22(7-6-20-16-27(2,34)13-14-29(20,24)19-4-5-19)23(28)8-9-25(28)26(33)18-32-15-11-21(17-30)31-32/h8-12,15,19-20,34H,3-7,13-14,16,18H2,1-2H3/t20-,27-,28+,29-/m1/s1. The van der Waals surface area contributed by atoms with Gasteiger partial charge in [-0.3, -0.25) is 9.48 Å². The van der Waals surface area contributed by atoms with Gasteiger partial charge in [-0.1, -0.05) is 31.2 Å². The van der Waals surface area contributed by atoms with Crippen molar-refractivity contribution < 1.29 is 9.90 Å². The lowest BCUT2D eigenvalue weighted by Crippen LogP contribution is -2.49. The summed E-state index contributed by atoms with van der Waals surface area (Å²) in [5.41, 5.74) is 4.78. The fourth-order valence-corrected chi connectivity index (χ4v) is 7.80. The first kappa shape index (κ1) is 21.8. The van der Waals surface area contributed by atoms with E-state index in [1.807, 2.05) is 19.1 Å². The van der Waals surface area contributed by atoms with Gasteiger partial charge in [-0.2, -0.15) is 10.4 Å². The third-order valence-electron chi connectivity index (χ3n) is 9.52. The van der Waals surface area contributed by atoms with E-state index in [-0.39, 0.29) is 23.2 Å². The van der Waals surface area contributed by atoms with Gasteiger partial charge in [-0.25, -0.2) is 0 Å². The molecule has 0 bridgehead atoms. The Kier molecular flexibility index (Phi) is 4.74. The highest BCUT2D eigenvalue weighted by molar-refractivity contribution is 5.99. The summed E-state index contributed by atoms with van der Waals surface area (Å²) < 4.78 is 1.57. The lowest BCUT2D eigenvalue weighted by Gasteiger charge is -2.55. The number of nitriles is 1. The highest BCUT2D eigenvalue weighted by Crippen LogP contribution is 2.68. The van der Waals surface area contributed by atoms with E-state index in [0.29, 0.717) is 11.6 Å². The van der Waals surface area contributed by atoms with Crippen molar-refractivity contribution in [2.45, 2.75) is 77.4 Å². The van der Waals surface area contributed by atoms with Gasteiger partial charge >= 0.3 is 0 Å². The summed E-state index contributed by atoms with van der Waals surface area (Å²) in [6.07, 6.45) is 19.1. The molecule has 2 fully saturated rings. The van der Waals surface area contributed by atoms with Gasteiger partial charge in [0.05, 0.1) is 5.60 Å². The Morgan fingerprint density at radius 1 is 1.26 bits per heavy atom. The van der Waals surface area contributed by atoms with E-state index in [2.05, 4.69) is 30.3 Å². The predicted octanol–water partition coefficient (Wildman–Crippen LogP) is 5.19. The average Bonchev–Trinajstić information content (AvgIpc) is 3.45. The van der Waals surface area contributed by atoms with Crippen LogP contribution in [-0.4, -0.2) is 26.3 Å². The molecule has 1 aromatic rings. The molecule has 0 aromatic carbocycles. The maximum atomic E-state index is 13.4. The Morgan fingerprint density at radius 2 is 2.09 bits per heavy atom. The molecule has 5 aliphatic carbocycles. The zero-order valence-electron chi connectivity index (χ0n) is 20.2. The zero-order valence-corrected chi connectivity index (χ0v) is 20.2. The maximum Gasteiger partial charge on any atom is 0.181 e. The van der Waals surface area contributed by atoms with Gasteiger partial charge in [-0.05, 0) is 92.9 Å². The van der Waals surface area contributed by atoms with Crippen LogP contribution in [0.25, 0.3) is 0 Å². The molecular formula is C29H33N3O2. The Labute approximate surface area is 201 Å². The molecule has 5 heteroatoms. The molecule has 34 heavy (non-hydrogen) atoms. The van der Waals surface area contributed by atoms with Crippen molar-refractivity contribution in [3.8, 4) is 6.07 Å². The van der Waals surface area contributed by atoms with Crippen LogP contribution in [0.3, 0.4) is 0 Å². The van der Waals surface area contributed by atoms with Gasteiger partial charge in [0.2, 0.25) is 0 Å². The van der Waals surface area contributed by atoms with E-state index in [0.717, 1.165) is 50.0 Å². The van der Waals surface area contributed by atoms with Crippen molar-refractivity contribution in [1.29, 1.82) is 5.26 Å². The summed E-state index contributed by atoms with van der Waals surface area (Å²) in [5.74, 6) is 1.35. The van der Waals surface area contributed by atoms with Gasteiger partial charge in [0.25, 0.3) is 0 Å². The van der Waals surface area contributed by atoms with Crippen molar-refractivity contribution >= 4 is 5.78 Å². The predicted molar refractivity (Wildman–Crippen MR) is 129 cm³/mol. The van der Waals surface area contributed by atoms with Crippen LogP contribution < -0.4 is 0 Å². The van der Waals surface area contributed by atoms with Crippen LogP contribution >= 0.6 is 0 Å². The topological polar surface area (TPSA) is 78.9 Å². The molecule has 0 radical (unpaired) electrons. The molecule has 1 aromatic heterocycles. The van der Waals surface area contributed by atoms with E-state index in [9.17, 15) is 9.90 Å².